The number of rotatable bonds is 2. The van der Waals surface area contributed by atoms with Crippen LogP contribution in [0.3, 0.4) is 0 Å². The molecule has 104 valence electrons. The molecule has 0 spiro atoms. The highest BCUT2D eigenvalue weighted by Crippen LogP contribution is 2.22. The van der Waals surface area contributed by atoms with E-state index in [-0.39, 0.29) is 0 Å². The van der Waals surface area contributed by atoms with Crippen LogP contribution < -0.4 is 0 Å². The molecule has 0 aromatic rings. The zero-order valence-corrected chi connectivity index (χ0v) is 11.3. The second-order valence-electron chi connectivity index (χ2n) is 5.64. The lowest BCUT2D eigenvalue weighted by Gasteiger charge is -2.45. The van der Waals surface area contributed by atoms with Crippen molar-refractivity contribution in [3.63, 3.8) is 0 Å². The average molecular weight is 256 g/mol. The van der Waals surface area contributed by atoms with Gasteiger partial charge in [-0.15, -0.1) is 0 Å². The van der Waals surface area contributed by atoms with E-state index in [0.717, 1.165) is 32.6 Å². The summed E-state index contributed by atoms with van der Waals surface area (Å²) in [5.74, 6) is 0.708. The Hall–Kier alpha value is -0.810. The van der Waals surface area contributed by atoms with Gasteiger partial charge in [0.25, 0.3) is 0 Å². The Bertz CT molecular complexity index is 280. The molecule has 5 nitrogen and oxygen atoms in total. The summed E-state index contributed by atoms with van der Waals surface area (Å²) in [6, 6.07) is 0.625. The summed E-state index contributed by atoms with van der Waals surface area (Å²) < 4.78 is 5.39. The molecule has 2 rings (SSSR count). The summed E-state index contributed by atoms with van der Waals surface area (Å²) in [5.41, 5.74) is 0. The Morgan fingerprint density at radius 3 is 2.28 bits per heavy atom. The van der Waals surface area contributed by atoms with E-state index in [2.05, 4.69) is 18.7 Å². The lowest BCUT2D eigenvalue weighted by molar-refractivity contribution is 0.00506. The number of ether oxygens (including phenoxy) is 1. The molecule has 0 bridgehead atoms. The van der Waals surface area contributed by atoms with Crippen LogP contribution in [-0.4, -0.2) is 65.9 Å². The van der Waals surface area contributed by atoms with E-state index in [9.17, 15) is 4.79 Å². The Morgan fingerprint density at radius 1 is 1.22 bits per heavy atom. The van der Waals surface area contributed by atoms with Crippen molar-refractivity contribution >= 4 is 6.09 Å². The van der Waals surface area contributed by atoms with Crippen molar-refractivity contribution in [2.24, 2.45) is 5.92 Å². The highest BCUT2D eigenvalue weighted by atomic mass is 16.5. The minimum atomic E-state index is -0.792. The fraction of sp³-hybridized carbons (Fsp3) is 0.923. The molecule has 0 radical (unpaired) electrons. The van der Waals surface area contributed by atoms with E-state index in [0.29, 0.717) is 31.1 Å². The summed E-state index contributed by atoms with van der Waals surface area (Å²) in [6.45, 7) is 8.35. The van der Waals surface area contributed by atoms with Crippen LogP contribution in [0, 0.1) is 5.92 Å². The first kappa shape index (κ1) is 13.6. The van der Waals surface area contributed by atoms with Crippen molar-refractivity contribution in [2.75, 3.05) is 32.8 Å². The number of hydrogen-bond donors (Lipinski definition) is 1. The predicted octanol–water partition coefficient (Wildman–Crippen LogP) is 1.49. The first-order valence-electron chi connectivity index (χ1n) is 6.89. The average Bonchev–Trinajstić information content (AvgIpc) is 2.34. The zero-order valence-electron chi connectivity index (χ0n) is 11.3. The van der Waals surface area contributed by atoms with Gasteiger partial charge in [0.05, 0.1) is 0 Å². The third-order valence-electron chi connectivity index (χ3n) is 4.18. The first-order valence-corrected chi connectivity index (χ1v) is 6.89. The molecule has 0 aromatic carbocycles. The van der Waals surface area contributed by atoms with E-state index in [1.54, 1.807) is 0 Å². The number of hydrogen-bond acceptors (Lipinski definition) is 3. The van der Waals surface area contributed by atoms with Gasteiger partial charge < -0.3 is 14.7 Å². The minimum Gasteiger partial charge on any atom is -0.465 e. The van der Waals surface area contributed by atoms with Crippen molar-refractivity contribution < 1.29 is 14.6 Å². The van der Waals surface area contributed by atoms with Crippen LogP contribution in [0.2, 0.25) is 0 Å². The molecule has 2 heterocycles. The summed E-state index contributed by atoms with van der Waals surface area (Å²) in [4.78, 5) is 15.0. The summed E-state index contributed by atoms with van der Waals surface area (Å²) in [5, 5.41) is 9.07. The van der Waals surface area contributed by atoms with Crippen LogP contribution in [0.4, 0.5) is 4.79 Å². The van der Waals surface area contributed by atoms with Gasteiger partial charge in [-0.25, -0.2) is 4.79 Å². The molecule has 5 heteroatoms. The largest absolute Gasteiger partial charge is 0.465 e. The zero-order chi connectivity index (χ0) is 13.1. The minimum absolute atomic E-state index is 0.313. The fourth-order valence-electron chi connectivity index (χ4n) is 3.10. The van der Waals surface area contributed by atoms with E-state index in [1.165, 1.54) is 4.90 Å². The van der Waals surface area contributed by atoms with Gasteiger partial charge in [-0.2, -0.15) is 0 Å². The predicted molar refractivity (Wildman–Crippen MR) is 68.8 cm³/mol. The van der Waals surface area contributed by atoms with Crippen LogP contribution in [0.25, 0.3) is 0 Å². The summed E-state index contributed by atoms with van der Waals surface area (Å²) in [7, 11) is 0. The van der Waals surface area contributed by atoms with E-state index >= 15 is 0 Å². The smallest absolute Gasteiger partial charge is 0.407 e. The molecule has 0 saturated carbocycles. The lowest BCUT2D eigenvalue weighted by Crippen LogP contribution is -2.58. The molecule has 2 aliphatic heterocycles. The maximum atomic E-state index is 11.0. The quantitative estimate of drug-likeness (QED) is 0.813. The normalized spacial score (nSPS) is 31.6. The molecule has 2 atom stereocenters. The molecule has 0 aromatic heterocycles. The van der Waals surface area contributed by atoms with Crippen LogP contribution in [0.5, 0.6) is 0 Å². The third-order valence-corrected chi connectivity index (χ3v) is 4.18. The molecular weight excluding hydrogens is 232 g/mol. The number of nitrogens with zero attached hydrogens (tertiary/aromatic N) is 2. The maximum absolute atomic E-state index is 11.0. The van der Waals surface area contributed by atoms with Gasteiger partial charge in [0.15, 0.2) is 0 Å². The van der Waals surface area contributed by atoms with Crippen LogP contribution in [0.1, 0.15) is 26.7 Å². The number of piperazine rings is 1. The molecule has 1 N–H and O–H groups in total. The van der Waals surface area contributed by atoms with Crippen molar-refractivity contribution in [3.05, 3.63) is 0 Å². The van der Waals surface area contributed by atoms with Crippen molar-refractivity contribution in [1.29, 1.82) is 0 Å². The third kappa shape index (κ3) is 3.14. The number of carboxylic acid groups (broad SMARTS) is 1. The monoisotopic (exact) mass is 256 g/mol. The molecular formula is C13H24N2O3. The highest BCUT2D eigenvalue weighted by Gasteiger charge is 2.33. The molecule has 1 unspecified atom stereocenters. The van der Waals surface area contributed by atoms with Crippen molar-refractivity contribution in [2.45, 2.75) is 38.8 Å². The van der Waals surface area contributed by atoms with Gasteiger partial charge in [0, 0.05) is 44.9 Å². The number of carbonyl (C=O) groups is 1. The molecule has 2 aliphatic rings. The van der Waals surface area contributed by atoms with E-state index in [1.807, 2.05) is 0 Å². The SMILES string of the molecule is CC1CN(C(=O)O)C[C@@H](C)N1CC1CCOCC1. The van der Waals surface area contributed by atoms with Crippen LogP contribution >= 0.6 is 0 Å². The molecule has 2 saturated heterocycles. The molecule has 2 fully saturated rings. The number of amides is 1. The second kappa shape index (κ2) is 5.89. The molecule has 18 heavy (non-hydrogen) atoms. The van der Waals surface area contributed by atoms with Gasteiger partial charge in [-0.3, -0.25) is 4.90 Å². The van der Waals surface area contributed by atoms with Gasteiger partial charge in [0.1, 0.15) is 0 Å². The van der Waals surface area contributed by atoms with Gasteiger partial charge in [0.2, 0.25) is 0 Å². The molecule has 0 aliphatic carbocycles. The summed E-state index contributed by atoms with van der Waals surface area (Å²) in [6.07, 6.45) is 1.48. The van der Waals surface area contributed by atoms with Gasteiger partial charge in [-0.05, 0) is 32.6 Å². The Labute approximate surface area is 109 Å². The fourth-order valence-corrected chi connectivity index (χ4v) is 3.10. The highest BCUT2D eigenvalue weighted by molar-refractivity contribution is 5.65. The van der Waals surface area contributed by atoms with Crippen molar-refractivity contribution in [3.8, 4) is 0 Å². The van der Waals surface area contributed by atoms with Gasteiger partial charge in [-0.1, -0.05) is 0 Å². The van der Waals surface area contributed by atoms with Gasteiger partial charge >= 0.3 is 6.09 Å². The van der Waals surface area contributed by atoms with Crippen molar-refractivity contribution in [1.82, 2.24) is 9.80 Å². The Balaban J connectivity index is 1.90. The standard InChI is InChI=1S/C13H24N2O3/c1-10-7-14(13(16)17)8-11(2)15(10)9-12-3-5-18-6-4-12/h10-12H,3-9H2,1-2H3,(H,16,17)/t10-,11?/m1/s1. The Kier molecular flexibility index (Phi) is 4.45. The van der Waals surface area contributed by atoms with Crippen LogP contribution in [-0.2, 0) is 4.74 Å². The van der Waals surface area contributed by atoms with E-state index < -0.39 is 6.09 Å². The lowest BCUT2D eigenvalue weighted by atomic mass is 9.97. The maximum Gasteiger partial charge on any atom is 0.407 e. The topological polar surface area (TPSA) is 53.0 Å². The first-order chi connectivity index (χ1) is 8.58. The van der Waals surface area contributed by atoms with Crippen LogP contribution in [0.15, 0.2) is 0 Å². The van der Waals surface area contributed by atoms with E-state index in [4.69, 9.17) is 9.84 Å². The molecule has 1 amide bonds. The summed E-state index contributed by atoms with van der Waals surface area (Å²) >= 11 is 0. The Morgan fingerprint density at radius 2 is 1.78 bits per heavy atom. The second-order valence-corrected chi connectivity index (χ2v) is 5.64.